The molecule has 4 nitrogen and oxygen atoms in total. The van der Waals surface area contributed by atoms with Gasteiger partial charge in [0.2, 0.25) is 0 Å². The number of unbranched alkanes of at least 4 members (excludes halogenated alkanes) is 2. The first kappa shape index (κ1) is 10.1. The molecule has 1 heterocycles. The van der Waals surface area contributed by atoms with Gasteiger partial charge in [-0.3, -0.25) is 4.57 Å². The van der Waals surface area contributed by atoms with Crippen LogP contribution in [0.3, 0.4) is 0 Å². The van der Waals surface area contributed by atoms with Crippen LogP contribution in [0.1, 0.15) is 19.3 Å². The first-order chi connectivity index (χ1) is 6.25. The largest absolute Gasteiger partial charge is 0.396 e. The van der Waals surface area contributed by atoms with Crippen molar-refractivity contribution in [3.8, 4) is 0 Å². The van der Waals surface area contributed by atoms with Crippen LogP contribution < -0.4 is 5.69 Å². The van der Waals surface area contributed by atoms with Crippen molar-refractivity contribution < 1.29 is 5.11 Å². The van der Waals surface area contributed by atoms with E-state index in [-0.39, 0.29) is 12.3 Å². The molecule has 0 aliphatic carbocycles. The molecule has 0 bridgehead atoms. The average molecular weight is 184 g/mol. The zero-order valence-corrected chi connectivity index (χ0v) is 7.94. The Bertz CT molecular complexity index is 301. The van der Waals surface area contributed by atoms with Gasteiger partial charge in [-0.25, -0.2) is 4.79 Å². The van der Waals surface area contributed by atoms with Gasteiger partial charge in [0.25, 0.3) is 0 Å². The van der Waals surface area contributed by atoms with Crippen molar-refractivity contribution in [2.24, 2.45) is 7.05 Å². The van der Waals surface area contributed by atoms with Crippen molar-refractivity contribution in [2.75, 3.05) is 6.61 Å². The third-order valence-corrected chi connectivity index (χ3v) is 2.07. The summed E-state index contributed by atoms with van der Waals surface area (Å²) in [5.74, 6) is 0. The molecule has 0 amide bonds. The highest BCUT2D eigenvalue weighted by molar-refractivity contribution is 4.79. The molecule has 0 aromatic carbocycles. The lowest BCUT2D eigenvalue weighted by Gasteiger charge is -1.99. The SMILES string of the molecule is Cn1ccn(CCCCCO)c1=O. The Morgan fingerprint density at radius 3 is 2.62 bits per heavy atom. The zero-order valence-electron chi connectivity index (χ0n) is 7.94. The molecule has 0 atom stereocenters. The Kier molecular flexibility index (Phi) is 3.76. The van der Waals surface area contributed by atoms with Gasteiger partial charge in [0, 0.05) is 32.6 Å². The third-order valence-electron chi connectivity index (χ3n) is 2.07. The van der Waals surface area contributed by atoms with E-state index in [1.807, 2.05) is 0 Å². The molecule has 0 spiro atoms. The fourth-order valence-electron chi connectivity index (χ4n) is 1.25. The van der Waals surface area contributed by atoms with Gasteiger partial charge in [0.05, 0.1) is 0 Å². The molecule has 0 unspecified atom stereocenters. The van der Waals surface area contributed by atoms with E-state index in [2.05, 4.69) is 0 Å². The molecule has 4 heteroatoms. The first-order valence-corrected chi connectivity index (χ1v) is 4.58. The van der Waals surface area contributed by atoms with Crippen molar-refractivity contribution in [1.82, 2.24) is 9.13 Å². The molecule has 1 aromatic heterocycles. The van der Waals surface area contributed by atoms with Gasteiger partial charge in [-0.1, -0.05) is 0 Å². The Balaban J connectivity index is 2.37. The van der Waals surface area contributed by atoms with Gasteiger partial charge in [-0.15, -0.1) is 0 Å². The molecule has 0 radical (unpaired) electrons. The van der Waals surface area contributed by atoms with Crippen LogP contribution in [0.15, 0.2) is 17.2 Å². The van der Waals surface area contributed by atoms with Gasteiger partial charge >= 0.3 is 5.69 Å². The van der Waals surface area contributed by atoms with Crippen LogP contribution in [-0.2, 0) is 13.6 Å². The van der Waals surface area contributed by atoms with Crippen LogP contribution >= 0.6 is 0 Å². The molecule has 0 aliphatic rings. The monoisotopic (exact) mass is 184 g/mol. The number of aliphatic hydroxyl groups excluding tert-OH is 1. The lowest BCUT2D eigenvalue weighted by molar-refractivity contribution is 0.281. The standard InChI is InChI=1S/C9H16N2O2/c1-10-6-7-11(9(10)13)5-3-2-4-8-12/h6-7,12H,2-5,8H2,1H3. The highest BCUT2D eigenvalue weighted by Gasteiger charge is 1.97. The van der Waals surface area contributed by atoms with Crippen molar-refractivity contribution in [2.45, 2.75) is 25.8 Å². The summed E-state index contributed by atoms with van der Waals surface area (Å²) in [7, 11) is 1.74. The highest BCUT2D eigenvalue weighted by atomic mass is 16.2. The number of hydrogen-bond donors (Lipinski definition) is 1. The normalized spacial score (nSPS) is 10.6. The molecular weight excluding hydrogens is 168 g/mol. The predicted octanol–water partition coefficient (Wildman–Crippen LogP) is 0.349. The molecular formula is C9H16N2O2. The quantitative estimate of drug-likeness (QED) is 0.671. The Morgan fingerprint density at radius 2 is 2.08 bits per heavy atom. The summed E-state index contributed by atoms with van der Waals surface area (Å²) in [5.41, 5.74) is 0.0315. The van der Waals surface area contributed by atoms with E-state index in [1.54, 1.807) is 28.6 Å². The molecule has 0 saturated heterocycles. The molecule has 1 aromatic rings. The van der Waals surface area contributed by atoms with E-state index in [0.29, 0.717) is 0 Å². The van der Waals surface area contributed by atoms with Gasteiger partial charge in [0.1, 0.15) is 0 Å². The lowest BCUT2D eigenvalue weighted by Crippen LogP contribution is -2.21. The minimum Gasteiger partial charge on any atom is -0.396 e. The first-order valence-electron chi connectivity index (χ1n) is 4.58. The van der Waals surface area contributed by atoms with Gasteiger partial charge in [-0.05, 0) is 19.3 Å². The topological polar surface area (TPSA) is 47.2 Å². The van der Waals surface area contributed by atoms with Crippen LogP contribution in [0, 0.1) is 0 Å². The summed E-state index contributed by atoms with van der Waals surface area (Å²) in [6, 6.07) is 0. The number of rotatable bonds is 5. The summed E-state index contributed by atoms with van der Waals surface area (Å²) in [5, 5.41) is 8.55. The Hall–Kier alpha value is -1.03. The van der Waals surface area contributed by atoms with Crippen molar-refractivity contribution in [1.29, 1.82) is 0 Å². The fraction of sp³-hybridized carbons (Fsp3) is 0.667. The van der Waals surface area contributed by atoms with Gasteiger partial charge in [0.15, 0.2) is 0 Å². The summed E-state index contributed by atoms with van der Waals surface area (Å²) < 4.78 is 3.25. The second-order valence-electron chi connectivity index (χ2n) is 3.17. The molecule has 0 saturated carbocycles. The number of imidazole rings is 1. The number of nitrogens with zero attached hydrogens (tertiary/aromatic N) is 2. The molecule has 1 rings (SSSR count). The second-order valence-corrected chi connectivity index (χ2v) is 3.17. The van der Waals surface area contributed by atoms with E-state index in [4.69, 9.17) is 5.11 Å². The molecule has 13 heavy (non-hydrogen) atoms. The molecule has 1 N–H and O–H groups in total. The maximum absolute atomic E-state index is 11.3. The van der Waals surface area contributed by atoms with Crippen LogP contribution in [0.25, 0.3) is 0 Å². The van der Waals surface area contributed by atoms with Crippen molar-refractivity contribution in [3.63, 3.8) is 0 Å². The van der Waals surface area contributed by atoms with E-state index in [0.717, 1.165) is 25.8 Å². The Labute approximate surface area is 77.4 Å². The van der Waals surface area contributed by atoms with Crippen molar-refractivity contribution in [3.05, 3.63) is 22.9 Å². The second kappa shape index (κ2) is 4.87. The molecule has 74 valence electrons. The summed E-state index contributed by atoms with van der Waals surface area (Å²) in [6.45, 7) is 0.989. The minimum absolute atomic E-state index is 0.0315. The third kappa shape index (κ3) is 2.73. The number of aromatic nitrogens is 2. The Morgan fingerprint density at radius 1 is 1.31 bits per heavy atom. The summed E-state index contributed by atoms with van der Waals surface area (Å²) in [6.07, 6.45) is 6.29. The highest BCUT2D eigenvalue weighted by Crippen LogP contribution is 1.96. The van der Waals surface area contributed by atoms with E-state index in [1.165, 1.54) is 0 Å². The summed E-state index contributed by atoms with van der Waals surface area (Å²) >= 11 is 0. The van der Waals surface area contributed by atoms with Crippen LogP contribution in [-0.4, -0.2) is 20.8 Å². The smallest absolute Gasteiger partial charge is 0.327 e. The predicted molar refractivity (Wildman–Crippen MR) is 50.6 cm³/mol. The summed E-state index contributed by atoms with van der Waals surface area (Å²) in [4.78, 5) is 11.3. The van der Waals surface area contributed by atoms with E-state index < -0.39 is 0 Å². The van der Waals surface area contributed by atoms with Crippen LogP contribution in [0.2, 0.25) is 0 Å². The van der Waals surface area contributed by atoms with E-state index in [9.17, 15) is 4.79 Å². The number of hydrogen-bond acceptors (Lipinski definition) is 2. The van der Waals surface area contributed by atoms with Crippen LogP contribution in [0.5, 0.6) is 0 Å². The maximum Gasteiger partial charge on any atom is 0.327 e. The lowest BCUT2D eigenvalue weighted by atomic mass is 10.2. The van der Waals surface area contributed by atoms with E-state index >= 15 is 0 Å². The van der Waals surface area contributed by atoms with Crippen LogP contribution in [0.4, 0.5) is 0 Å². The average Bonchev–Trinajstić information content (AvgIpc) is 2.43. The number of aryl methyl sites for hydroxylation is 2. The van der Waals surface area contributed by atoms with Gasteiger partial charge < -0.3 is 9.67 Å². The molecule has 0 fully saturated rings. The maximum atomic E-state index is 11.3. The zero-order chi connectivity index (χ0) is 9.68. The van der Waals surface area contributed by atoms with Crippen molar-refractivity contribution >= 4 is 0 Å². The molecule has 0 aliphatic heterocycles. The fourth-order valence-corrected chi connectivity index (χ4v) is 1.25. The van der Waals surface area contributed by atoms with Gasteiger partial charge in [-0.2, -0.15) is 0 Å². The number of aliphatic hydroxyl groups is 1. The minimum atomic E-state index is 0.0315.